The van der Waals surface area contributed by atoms with E-state index in [0.29, 0.717) is 12.3 Å². The maximum atomic E-state index is 11.9. The van der Waals surface area contributed by atoms with Crippen molar-refractivity contribution in [1.29, 1.82) is 0 Å². The van der Waals surface area contributed by atoms with Gasteiger partial charge in [-0.05, 0) is 60.3 Å². The summed E-state index contributed by atoms with van der Waals surface area (Å²) in [5.41, 5.74) is 4.83. The molecule has 4 nitrogen and oxygen atoms in total. The number of carbonyl (C=O) groups is 1. The Morgan fingerprint density at radius 2 is 1.92 bits per heavy atom. The topological polar surface area (TPSA) is 55.8 Å². The molecule has 0 aliphatic heterocycles. The smallest absolute Gasteiger partial charge is 0.307 e. The summed E-state index contributed by atoms with van der Waals surface area (Å²) in [7, 11) is 3.33. The first kappa shape index (κ1) is 17.0. The number of aliphatic carboxylic acids is 1. The maximum absolute atomic E-state index is 11.9. The van der Waals surface area contributed by atoms with Gasteiger partial charge >= 0.3 is 5.97 Å². The van der Waals surface area contributed by atoms with Crippen LogP contribution in [-0.4, -0.2) is 25.3 Å². The molecule has 0 fully saturated rings. The number of carboxylic acid groups (broad SMARTS) is 1. The summed E-state index contributed by atoms with van der Waals surface area (Å²) in [6.07, 6.45) is 3.20. The molecular formula is C22H24O4. The van der Waals surface area contributed by atoms with Gasteiger partial charge in [-0.3, -0.25) is 4.79 Å². The molecule has 2 aliphatic rings. The molecule has 0 spiro atoms. The van der Waals surface area contributed by atoms with E-state index >= 15 is 0 Å². The predicted octanol–water partition coefficient (Wildman–Crippen LogP) is 4.16. The summed E-state index contributed by atoms with van der Waals surface area (Å²) < 4.78 is 11.3. The largest absolute Gasteiger partial charge is 0.493 e. The zero-order chi connectivity index (χ0) is 18.3. The Hall–Kier alpha value is -2.49. The van der Waals surface area contributed by atoms with E-state index in [0.717, 1.165) is 36.3 Å². The Balaban J connectivity index is 1.89. The Bertz CT molecular complexity index is 828. The van der Waals surface area contributed by atoms with Crippen molar-refractivity contribution in [2.24, 2.45) is 5.92 Å². The van der Waals surface area contributed by atoms with E-state index in [2.05, 4.69) is 24.3 Å². The minimum Gasteiger partial charge on any atom is -0.493 e. The molecule has 26 heavy (non-hydrogen) atoms. The lowest BCUT2D eigenvalue weighted by atomic mass is 9.64. The van der Waals surface area contributed by atoms with Crippen LogP contribution in [0.25, 0.3) is 0 Å². The molecular weight excluding hydrogens is 328 g/mol. The lowest BCUT2D eigenvalue weighted by Crippen LogP contribution is -2.33. The molecule has 2 aromatic rings. The second-order valence-corrected chi connectivity index (χ2v) is 7.30. The Morgan fingerprint density at radius 1 is 1.15 bits per heavy atom. The second-order valence-electron chi connectivity index (χ2n) is 7.30. The molecule has 0 saturated carbocycles. The SMILES string of the molecule is COc1cc2c3c(c1OC)CC(c1ccccc1)CC3C(C(=O)O)CC2. The zero-order valence-corrected chi connectivity index (χ0v) is 15.2. The van der Waals surface area contributed by atoms with Gasteiger partial charge in [-0.15, -0.1) is 0 Å². The highest BCUT2D eigenvalue weighted by atomic mass is 16.5. The average molecular weight is 352 g/mol. The van der Waals surface area contributed by atoms with Crippen molar-refractivity contribution in [3.05, 3.63) is 58.7 Å². The van der Waals surface area contributed by atoms with Crippen LogP contribution < -0.4 is 9.47 Å². The molecule has 4 rings (SSSR count). The third kappa shape index (κ3) is 2.64. The van der Waals surface area contributed by atoms with E-state index in [-0.39, 0.29) is 11.8 Å². The molecule has 3 atom stereocenters. The summed E-state index contributed by atoms with van der Waals surface area (Å²) in [5, 5.41) is 9.81. The van der Waals surface area contributed by atoms with E-state index in [9.17, 15) is 9.90 Å². The van der Waals surface area contributed by atoms with E-state index in [1.165, 1.54) is 16.7 Å². The van der Waals surface area contributed by atoms with Gasteiger partial charge < -0.3 is 14.6 Å². The molecule has 0 heterocycles. The third-order valence-corrected chi connectivity index (χ3v) is 6.06. The van der Waals surface area contributed by atoms with Crippen LogP contribution in [0.3, 0.4) is 0 Å². The van der Waals surface area contributed by atoms with Crippen molar-refractivity contribution in [1.82, 2.24) is 0 Å². The summed E-state index contributed by atoms with van der Waals surface area (Å²) >= 11 is 0. The lowest BCUT2D eigenvalue weighted by Gasteiger charge is -2.40. The molecule has 0 aromatic heterocycles. The van der Waals surface area contributed by atoms with Crippen molar-refractivity contribution in [2.45, 2.75) is 37.5 Å². The van der Waals surface area contributed by atoms with E-state index in [1.807, 2.05) is 12.1 Å². The highest BCUT2D eigenvalue weighted by molar-refractivity contribution is 5.73. The van der Waals surface area contributed by atoms with Gasteiger partial charge in [0.2, 0.25) is 0 Å². The van der Waals surface area contributed by atoms with Crippen LogP contribution in [0, 0.1) is 5.92 Å². The van der Waals surface area contributed by atoms with Gasteiger partial charge in [0.1, 0.15) is 0 Å². The lowest BCUT2D eigenvalue weighted by molar-refractivity contribution is -0.143. The molecule has 0 saturated heterocycles. The van der Waals surface area contributed by atoms with Gasteiger partial charge in [-0.2, -0.15) is 0 Å². The number of ether oxygens (including phenoxy) is 2. The van der Waals surface area contributed by atoms with Gasteiger partial charge in [-0.25, -0.2) is 0 Å². The molecule has 4 heteroatoms. The highest BCUT2D eigenvalue weighted by Crippen LogP contribution is 2.53. The van der Waals surface area contributed by atoms with Crippen LogP contribution in [-0.2, 0) is 17.6 Å². The summed E-state index contributed by atoms with van der Waals surface area (Å²) in [6, 6.07) is 12.4. The number of hydrogen-bond acceptors (Lipinski definition) is 3. The second kappa shape index (κ2) is 6.67. The Kier molecular flexibility index (Phi) is 4.35. The van der Waals surface area contributed by atoms with Gasteiger partial charge in [-0.1, -0.05) is 30.3 Å². The van der Waals surface area contributed by atoms with Crippen molar-refractivity contribution in [2.75, 3.05) is 14.2 Å². The Labute approximate surface area is 153 Å². The third-order valence-electron chi connectivity index (χ3n) is 6.06. The number of aryl methyl sites for hydroxylation is 1. The number of hydrogen-bond donors (Lipinski definition) is 1. The van der Waals surface area contributed by atoms with Crippen LogP contribution in [0.15, 0.2) is 36.4 Å². The molecule has 2 aromatic carbocycles. The van der Waals surface area contributed by atoms with Crippen molar-refractivity contribution < 1.29 is 19.4 Å². The quantitative estimate of drug-likeness (QED) is 0.897. The fraction of sp³-hybridized carbons (Fsp3) is 0.409. The van der Waals surface area contributed by atoms with Crippen molar-refractivity contribution in [3.8, 4) is 11.5 Å². The molecule has 136 valence electrons. The van der Waals surface area contributed by atoms with Gasteiger partial charge in [0.15, 0.2) is 11.5 Å². The van der Waals surface area contributed by atoms with E-state index in [4.69, 9.17) is 9.47 Å². The van der Waals surface area contributed by atoms with Crippen LogP contribution in [0.4, 0.5) is 0 Å². The first-order chi connectivity index (χ1) is 12.6. The molecule has 2 aliphatic carbocycles. The number of carboxylic acids is 1. The predicted molar refractivity (Wildman–Crippen MR) is 99.2 cm³/mol. The monoisotopic (exact) mass is 352 g/mol. The van der Waals surface area contributed by atoms with E-state index in [1.54, 1.807) is 14.2 Å². The summed E-state index contributed by atoms with van der Waals surface area (Å²) in [4.78, 5) is 11.9. The molecule has 0 amide bonds. The Morgan fingerprint density at radius 3 is 2.58 bits per heavy atom. The van der Waals surface area contributed by atoms with Crippen LogP contribution in [0.1, 0.15) is 46.9 Å². The molecule has 3 unspecified atom stereocenters. The minimum absolute atomic E-state index is 0.0324. The number of methoxy groups -OCH3 is 2. The summed E-state index contributed by atoms with van der Waals surface area (Å²) in [6.45, 7) is 0. The normalized spacial score (nSPS) is 23.8. The first-order valence-corrected chi connectivity index (χ1v) is 9.18. The van der Waals surface area contributed by atoms with Crippen molar-refractivity contribution >= 4 is 5.97 Å². The number of benzene rings is 2. The molecule has 0 bridgehead atoms. The summed E-state index contributed by atoms with van der Waals surface area (Å²) in [5.74, 6) is 0.832. The fourth-order valence-electron chi connectivity index (χ4n) is 4.92. The zero-order valence-electron chi connectivity index (χ0n) is 15.2. The molecule has 1 N–H and O–H groups in total. The first-order valence-electron chi connectivity index (χ1n) is 9.18. The van der Waals surface area contributed by atoms with Crippen molar-refractivity contribution in [3.63, 3.8) is 0 Å². The number of rotatable bonds is 4. The van der Waals surface area contributed by atoms with Gasteiger partial charge in [0, 0.05) is 5.56 Å². The van der Waals surface area contributed by atoms with Gasteiger partial charge in [0.05, 0.1) is 20.1 Å². The van der Waals surface area contributed by atoms with Crippen LogP contribution in [0.5, 0.6) is 11.5 Å². The van der Waals surface area contributed by atoms with Crippen LogP contribution >= 0.6 is 0 Å². The highest BCUT2D eigenvalue weighted by Gasteiger charge is 2.42. The molecule has 0 radical (unpaired) electrons. The minimum atomic E-state index is -0.685. The standard InChI is InChI=1S/C22H24O4/c1-25-19-12-14-8-9-16(22(23)24)17-10-15(13-6-4-3-5-7-13)11-18(20(14)17)21(19)26-2/h3-7,12,15-17H,8-11H2,1-2H3,(H,23,24). The van der Waals surface area contributed by atoms with Crippen LogP contribution in [0.2, 0.25) is 0 Å². The van der Waals surface area contributed by atoms with E-state index < -0.39 is 5.97 Å². The van der Waals surface area contributed by atoms with Gasteiger partial charge in [0.25, 0.3) is 0 Å². The maximum Gasteiger partial charge on any atom is 0.307 e. The average Bonchev–Trinajstić information content (AvgIpc) is 2.68. The fourth-order valence-corrected chi connectivity index (χ4v) is 4.92.